The molecule has 1 saturated carbocycles. The number of nitrogen functional groups attached to an aromatic ring is 1. The van der Waals surface area contributed by atoms with Crippen LogP contribution in [-0.2, 0) is 4.79 Å². The molecule has 5 N–H and O–H groups in total. The second kappa shape index (κ2) is 5.18. The van der Waals surface area contributed by atoms with E-state index in [1.54, 1.807) is 20.0 Å². The smallest absolute Gasteiger partial charge is 0.241 e. The SMILES string of the molecule is CNC(=O)C(C)Nc1cc(NN)nc(C2CC2)n1. The van der Waals surface area contributed by atoms with Crippen LogP contribution in [0.4, 0.5) is 11.6 Å². The zero-order chi connectivity index (χ0) is 13.1. The van der Waals surface area contributed by atoms with E-state index in [4.69, 9.17) is 5.84 Å². The highest BCUT2D eigenvalue weighted by Gasteiger charge is 2.27. The predicted molar refractivity (Wildman–Crippen MR) is 69.0 cm³/mol. The molecular weight excluding hydrogens is 232 g/mol. The lowest BCUT2D eigenvalue weighted by Crippen LogP contribution is -2.35. The maximum Gasteiger partial charge on any atom is 0.241 e. The van der Waals surface area contributed by atoms with Gasteiger partial charge in [0.05, 0.1) is 0 Å². The van der Waals surface area contributed by atoms with Crippen LogP contribution in [0.2, 0.25) is 0 Å². The van der Waals surface area contributed by atoms with Crippen molar-refractivity contribution in [3.8, 4) is 0 Å². The highest BCUT2D eigenvalue weighted by atomic mass is 16.2. The van der Waals surface area contributed by atoms with Crippen molar-refractivity contribution >= 4 is 17.5 Å². The van der Waals surface area contributed by atoms with Gasteiger partial charge in [0.15, 0.2) is 0 Å². The zero-order valence-electron chi connectivity index (χ0n) is 10.5. The Balaban J connectivity index is 2.16. The fourth-order valence-corrected chi connectivity index (χ4v) is 1.64. The van der Waals surface area contributed by atoms with Crippen LogP contribution in [-0.4, -0.2) is 29.0 Å². The second-order valence-electron chi connectivity index (χ2n) is 4.40. The summed E-state index contributed by atoms with van der Waals surface area (Å²) in [6.45, 7) is 1.77. The molecule has 1 aliphatic rings. The number of hydrogen-bond acceptors (Lipinski definition) is 6. The summed E-state index contributed by atoms with van der Waals surface area (Å²) >= 11 is 0. The Morgan fingerprint density at radius 1 is 1.44 bits per heavy atom. The van der Waals surface area contributed by atoms with E-state index in [0.717, 1.165) is 18.7 Å². The lowest BCUT2D eigenvalue weighted by atomic mass is 10.3. The van der Waals surface area contributed by atoms with Gasteiger partial charge in [-0.25, -0.2) is 15.8 Å². The highest BCUT2D eigenvalue weighted by molar-refractivity contribution is 5.83. The third kappa shape index (κ3) is 2.86. The van der Waals surface area contributed by atoms with Gasteiger partial charge < -0.3 is 16.1 Å². The molecular formula is C11H18N6O. The predicted octanol–water partition coefficient (Wildman–Crippen LogP) is 0.186. The Kier molecular flexibility index (Phi) is 3.61. The van der Waals surface area contributed by atoms with Gasteiger partial charge in [0.1, 0.15) is 23.5 Å². The van der Waals surface area contributed by atoms with Crippen LogP contribution in [0.25, 0.3) is 0 Å². The summed E-state index contributed by atoms with van der Waals surface area (Å²) in [4.78, 5) is 20.1. The van der Waals surface area contributed by atoms with E-state index in [1.807, 2.05) is 0 Å². The minimum Gasteiger partial charge on any atom is -0.358 e. The first-order valence-electron chi connectivity index (χ1n) is 5.97. The van der Waals surface area contributed by atoms with Crippen LogP contribution in [0.5, 0.6) is 0 Å². The minimum atomic E-state index is -0.359. The first-order valence-corrected chi connectivity index (χ1v) is 5.97. The fraction of sp³-hybridized carbons (Fsp3) is 0.545. The molecule has 1 aromatic rings. The molecule has 2 rings (SSSR count). The number of likely N-dealkylation sites (N-methyl/N-ethyl adjacent to an activating group) is 1. The lowest BCUT2D eigenvalue weighted by Gasteiger charge is -2.14. The molecule has 7 heteroatoms. The van der Waals surface area contributed by atoms with Crippen LogP contribution in [0.1, 0.15) is 31.5 Å². The van der Waals surface area contributed by atoms with Crippen molar-refractivity contribution in [2.45, 2.75) is 31.7 Å². The number of hydrazine groups is 1. The molecule has 7 nitrogen and oxygen atoms in total. The number of carbonyl (C=O) groups excluding carboxylic acids is 1. The standard InChI is InChI=1S/C11H18N6O/c1-6(11(18)13-2)14-8-5-9(17-12)16-10(15-8)7-3-4-7/h5-7H,3-4,12H2,1-2H3,(H,13,18)(H2,14,15,16,17). The average Bonchev–Trinajstić information content (AvgIpc) is 3.21. The third-order valence-corrected chi connectivity index (χ3v) is 2.84. The minimum absolute atomic E-state index is 0.0937. The van der Waals surface area contributed by atoms with E-state index in [9.17, 15) is 4.79 Å². The van der Waals surface area contributed by atoms with Crippen molar-refractivity contribution in [1.82, 2.24) is 15.3 Å². The molecule has 0 radical (unpaired) electrons. The first-order chi connectivity index (χ1) is 8.63. The quantitative estimate of drug-likeness (QED) is 0.439. The highest BCUT2D eigenvalue weighted by Crippen LogP contribution is 2.38. The number of rotatable bonds is 5. The van der Waals surface area contributed by atoms with E-state index < -0.39 is 0 Å². The molecule has 1 aromatic heterocycles. The average molecular weight is 250 g/mol. The van der Waals surface area contributed by atoms with Crippen LogP contribution in [0, 0.1) is 0 Å². The van der Waals surface area contributed by atoms with Crippen molar-refractivity contribution in [1.29, 1.82) is 0 Å². The number of nitrogens with one attached hydrogen (secondary N) is 3. The number of hydrogen-bond donors (Lipinski definition) is 4. The summed E-state index contributed by atoms with van der Waals surface area (Å²) in [5.74, 6) is 7.65. The van der Waals surface area contributed by atoms with Crippen LogP contribution < -0.4 is 21.9 Å². The number of nitrogens with zero attached hydrogens (tertiary/aromatic N) is 2. The maximum absolute atomic E-state index is 11.4. The van der Waals surface area contributed by atoms with Gasteiger partial charge in [-0.3, -0.25) is 4.79 Å². The van der Waals surface area contributed by atoms with Gasteiger partial charge in [0.2, 0.25) is 5.91 Å². The van der Waals surface area contributed by atoms with Gasteiger partial charge in [0, 0.05) is 19.0 Å². The summed E-state index contributed by atoms with van der Waals surface area (Å²) in [6, 6.07) is 1.33. The monoisotopic (exact) mass is 250 g/mol. The maximum atomic E-state index is 11.4. The largest absolute Gasteiger partial charge is 0.358 e. The Morgan fingerprint density at radius 3 is 2.67 bits per heavy atom. The molecule has 1 aliphatic carbocycles. The van der Waals surface area contributed by atoms with Gasteiger partial charge >= 0.3 is 0 Å². The van der Waals surface area contributed by atoms with E-state index in [1.165, 1.54) is 0 Å². The van der Waals surface area contributed by atoms with Crippen molar-refractivity contribution < 1.29 is 4.79 Å². The van der Waals surface area contributed by atoms with Gasteiger partial charge in [-0.15, -0.1) is 0 Å². The van der Waals surface area contributed by atoms with Crippen molar-refractivity contribution in [2.75, 3.05) is 17.8 Å². The molecule has 0 bridgehead atoms. The molecule has 1 amide bonds. The molecule has 1 atom stereocenters. The molecule has 1 fully saturated rings. The van der Waals surface area contributed by atoms with Crippen molar-refractivity contribution in [3.63, 3.8) is 0 Å². The van der Waals surface area contributed by atoms with Crippen LogP contribution in [0.3, 0.4) is 0 Å². The lowest BCUT2D eigenvalue weighted by molar-refractivity contribution is -0.121. The molecule has 98 valence electrons. The summed E-state index contributed by atoms with van der Waals surface area (Å²) in [7, 11) is 1.60. The number of carbonyl (C=O) groups is 1. The number of aromatic nitrogens is 2. The molecule has 1 unspecified atom stereocenters. The Hall–Kier alpha value is -1.89. The topological polar surface area (TPSA) is 105 Å². The summed E-state index contributed by atoms with van der Waals surface area (Å²) in [5.41, 5.74) is 2.52. The Bertz CT molecular complexity index is 445. The Morgan fingerprint density at radius 2 is 2.11 bits per heavy atom. The zero-order valence-corrected chi connectivity index (χ0v) is 10.5. The van der Waals surface area contributed by atoms with Gasteiger partial charge in [-0.05, 0) is 19.8 Å². The first kappa shape index (κ1) is 12.6. The normalized spacial score (nSPS) is 15.9. The van der Waals surface area contributed by atoms with E-state index >= 15 is 0 Å². The van der Waals surface area contributed by atoms with Crippen LogP contribution in [0.15, 0.2) is 6.07 Å². The number of nitrogens with two attached hydrogens (primary N) is 1. The summed E-state index contributed by atoms with van der Waals surface area (Å²) in [6.07, 6.45) is 2.22. The molecule has 0 aromatic carbocycles. The van der Waals surface area contributed by atoms with E-state index in [0.29, 0.717) is 17.6 Å². The van der Waals surface area contributed by atoms with Crippen molar-refractivity contribution in [3.05, 3.63) is 11.9 Å². The van der Waals surface area contributed by atoms with Gasteiger partial charge in [-0.2, -0.15) is 0 Å². The van der Waals surface area contributed by atoms with E-state index in [-0.39, 0.29) is 11.9 Å². The molecule has 1 heterocycles. The summed E-state index contributed by atoms with van der Waals surface area (Å²) < 4.78 is 0. The Labute approximate surface area is 106 Å². The molecule has 0 spiro atoms. The number of amides is 1. The molecule has 18 heavy (non-hydrogen) atoms. The van der Waals surface area contributed by atoms with Gasteiger partial charge in [-0.1, -0.05) is 0 Å². The molecule has 0 aliphatic heterocycles. The molecule has 0 saturated heterocycles. The summed E-state index contributed by atoms with van der Waals surface area (Å²) in [5, 5.41) is 5.61. The van der Waals surface area contributed by atoms with E-state index in [2.05, 4.69) is 26.0 Å². The van der Waals surface area contributed by atoms with Gasteiger partial charge in [0.25, 0.3) is 0 Å². The van der Waals surface area contributed by atoms with Crippen LogP contribution >= 0.6 is 0 Å². The van der Waals surface area contributed by atoms with Crippen molar-refractivity contribution in [2.24, 2.45) is 5.84 Å². The fourth-order valence-electron chi connectivity index (χ4n) is 1.64. The second-order valence-corrected chi connectivity index (χ2v) is 4.40. The number of anilines is 2. The third-order valence-electron chi connectivity index (χ3n) is 2.84.